The average Bonchev–Trinajstić information content (AvgIpc) is 2.15. The summed E-state index contributed by atoms with van der Waals surface area (Å²) in [5, 5.41) is 0. The summed E-state index contributed by atoms with van der Waals surface area (Å²) in [7, 11) is 3.26. The number of hydrogen-bond acceptors (Lipinski definition) is 3. The van der Waals surface area contributed by atoms with Gasteiger partial charge in [0.15, 0.2) is 11.5 Å². The van der Waals surface area contributed by atoms with Gasteiger partial charge in [-0.3, -0.25) is 0 Å². The van der Waals surface area contributed by atoms with Crippen molar-refractivity contribution in [1.29, 1.82) is 0 Å². The highest BCUT2D eigenvalue weighted by atomic mass is 16.5. The molecule has 0 unspecified atom stereocenters. The van der Waals surface area contributed by atoms with Crippen LogP contribution in [0.5, 0.6) is 11.5 Å². The van der Waals surface area contributed by atoms with E-state index in [1.54, 1.807) is 20.3 Å². The molecule has 0 aliphatic heterocycles. The Morgan fingerprint density at radius 2 is 1.67 bits per heavy atom. The minimum Gasteiger partial charge on any atom is -0.493 e. The predicted molar refractivity (Wildman–Crippen MR) is 62.7 cm³/mol. The van der Waals surface area contributed by atoms with Gasteiger partial charge < -0.3 is 15.2 Å². The van der Waals surface area contributed by atoms with Gasteiger partial charge in [-0.25, -0.2) is 0 Å². The smallest absolute Gasteiger partial charge is 0.164 e. The first-order valence-electron chi connectivity index (χ1n) is 4.92. The van der Waals surface area contributed by atoms with E-state index in [0.29, 0.717) is 11.4 Å². The average molecular weight is 209 g/mol. The first-order chi connectivity index (χ1) is 6.90. The van der Waals surface area contributed by atoms with Crippen LogP contribution in [-0.2, 0) is 5.41 Å². The molecule has 0 fully saturated rings. The Bertz CT molecular complexity index is 353. The topological polar surface area (TPSA) is 44.5 Å². The number of ether oxygens (including phenoxy) is 2. The normalized spacial score (nSPS) is 11.3. The Morgan fingerprint density at radius 1 is 1.07 bits per heavy atom. The van der Waals surface area contributed by atoms with Gasteiger partial charge in [0.25, 0.3) is 0 Å². The maximum absolute atomic E-state index is 5.82. The lowest BCUT2D eigenvalue weighted by atomic mass is 9.86. The van der Waals surface area contributed by atoms with E-state index in [9.17, 15) is 0 Å². The van der Waals surface area contributed by atoms with Crippen molar-refractivity contribution in [3.05, 3.63) is 17.7 Å². The van der Waals surface area contributed by atoms with Gasteiger partial charge in [0.2, 0.25) is 0 Å². The molecule has 1 rings (SSSR count). The molecule has 0 spiro atoms. The van der Waals surface area contributed by atoms with Crippen molar-refractivity contribution < 1.29 is 9.47 Å². The summed E-state index contributed by atoms with van der Waals surface area (Å²) >= 11 is 0. The van der Waals surface area contributed by atoms with E-state index in [0.717, 1.165) is 11.3 Å². The van der Waals surface area contributed by atoms with Crippen LogP contribution in [0, 0.1) is 0 Å². The fourth-order valence-electron chi connectivity index (χ4n) is 1.54. The van der Waals surface area contributed by atoms with E-state index in [1.165, 1.54) is 0 Å². The molecule has 0 aromatic heterocycles. The summed E-state index contributed by atoms with van der Waals surface area (Å²) in [5.41, 5.74) is 7.55. The highest BCUT2D eigenvalue weighted by Crippen LogP contribution is 2.40. The molecule has 84 valence electrons. The molecule has 15 heavy (non-hydrogen) atoms. The largest absolute Gasteiger partial charge is 0.493 e. The van der Waals surface area contributed by atoms with E-state index < -0.39 is 0 Å². The second-order valence-electron chi connectivity index (χ2n) is 4.55. The third kappa shape index (κ3) is 2.35. The lowest BCUT2D eigenvalue weighted by Crippen LogP contribution is -2.14. The first-order valence-corrected chi connectivity index (χ1v) is 4.92. The maximum atomic E-state index is 5.82. The van der Waals surface area contributed by atoms with Crippen molar-refractivity contribution in [3.8, 4) is 11.5 Å². The standard InChI is InChI=1S/C12H19NO2/c1-12(2,3)9-6-8(13)7-10(14-4)11(9)15-5/h6-7H,13H2,1-5H3. The molecule has 0 bridgehead atoms. The van der Waals surface area contributed by atoms with Crippen LogP contribution in [0.15, 0.2) is 12.1 Å². The Kier molecular flexibility index (Phi) is 3.12. The van der Waals surface area contributed by atoms with Gasteiger partial charge in [-0.1, -0.05) is 20.8 Å². The molecule has 0 radical (unpaired) electrons. The molecule has 0 aliphatic rings. The van der Waals surface area contributed by atoms with Crippen LogP contribution in [0.4, 0.5) is 5.69 Å². The molecular weight excluding hydrogens is 190 g/mol. The molecule has 3 heteroatoms. The molecule has 3 nitrogen and oxygen atoms in total. The van der Waals surface area contributed by atoms with Crippen LogP contribution in [0.25, 0.3) is 0 Å². The molecule has 0 amide bonds. The van der Waals surface area contributed by atoms with Crippen LogP contribution in [-0.4, -0.2) is 14.2 Å². The molecular formula is C12H19NO2. The van der Waals surface area contributed by atoms with Gasteiger partial charge in [-0.2, -0.15) is 0 Å². The lowest BCUT2D eigenvalue weighted by molar-refractivity contribution is 0.345. The van der Waals surface area contributed by atoms with Crippen molar-refractivity contribution in [1.82, 2.24) is 0 Å². The number of nitrogens with two attached hydrogens (primary N) is 1. The van der Waals surface area contributed by atoms with Crippen molar-refractivity contribution in [2.75, 3.05) is 20.0 Å². The number of anilines is 1. The zero-order valence-corrected chi connectivity index (χ0v) is 10.0. The van der Waals surface area contributed by atoms with Crippen molar-refractivity contribution in [2.45, 2.75) is 26.2 Å². The molecule has 1 aromatic rings. The second-order valence-corrected chi connectivity index (χ2v) is 4.55. The fourth-order valence-corrected chi connectivity index (χ4v) is 1.54. The van der Waals surface area contributed by atoms with Crippen molar-refractivity contribution in [3.63, 3.8) is 0 Å². The Balaban J connectivity index is 3.42. The third-order valence-electron chi connectivity index (χ3n) is 2.31. The number of hydrogen-bond donors (Lipinski definition) is 1. The summed E-state index contributed by atoms with van der Waals surface area (Å²) in [5.74, 6) is 1.45. The van der Waals surface area contributed by atoms with Gasteiger partial charge in [-0.05, 0) is 11.5 Å². The molecule has 0 heterocycles. The quantitative estimate of drug-likeness (QED) is 0.761. The summed E-state index contributed by atoms with van der Waals surface area (Å²) in [6.45, 7) is 6.34. The van der Waals surface area contributed by atoms with Crippen molar-refractivity contribution in [2.24, 2.45) is 0 Å². The van der Waals surface area contributed by atoms with Crippen LogP contribution < -0.4 is 15.2 Å². The van der Waals surface area contributed by atoms with Crippen molar-refractivity contribution >= 4 is 5.69 Å². The predicted octanol–water partition coefficient (Wildman–Crippen LogP) is 2.58. The van der Waals surface area contributed by atoms with E-state index >= 15 is 0 Å². The van der Waals surface area contributed by atoms with Crippen LogP contribution in [0.2, 0.25) is 0 Å². The minimum absolute atomic E-state index is 0.0198. The molecule has 2 N–H and O–H groups in total. The highest BCUT2D eigenvalue weighted by molar-refractivity contribution is 5.59. The second kappa shape index (κ2) is 4.01. The van der Waals surface area contributed by atoms with E-state index in [1.807, 2.05) is 6.07 Å². The number of rotatable bonds is 2. The fraction of sp³-hybridized carbons (Fsp3) is 0.500. The third-order valence-corrected chi connectivity index (χ3v) is 2.31. The Labute approximate surface area is 91.2 Å². The highest BCUT2D eigenvalue weighted by Gasteiger charge is 2.22. The van der Waals surface area contributed by atoms with E-state index in [-0.39, 0.29) is 5.41 Å². The van der Waals surface area contributed by atoms with Crippen LogP contribution in [0.1, 0.15) is 26.3 Å². The Hall–Kier alpha value is -1.38. The lowest BCUT2D eigenvalue weighted by Gasteiger charge is -2.24. The van der Waals surface area contributed by atoms with E-state index in [4.69, 9.17) is 15.2 Å². The summed E-state index contributed by atoms with van der Waals surface area (Å²) < 4.78 is 10.6. The molecule has 0 saturated carbocycles. The molecule has 0 saturated heterocycles. The summed E-state index contributed by atoms with van der Waals surface area (Å²) in [6, 6.07) is 3.70. The number of nitrogen functional groups attached to an aromatic ring is 1. The SMILES string of the molecule is COc1cc(N)cc(C(C)(C)C)c1OC. The monoisotopic (exact) mass is 209 g/mol. The van der Waals surface area contributed by atoms with E-state index in [2.05, 4.69) is 20.8 Å². The first kappa shape index (κ1) is 11.7. The summed E-state index contributed by atoms with van der Waals surface area (Å²) in [4.78, 5) is 0. The Morgan fingerprint density at radius 3 is 2.07 bits per heavy atom. The maximum Gasteiger partial charge on any atom is 0.164 e. The number of methoxy groups -OCH3 is 2. The minimum atomic E-state index is -0.0198. The van der Waals surface area contributed by atoms with Gasteiger partial charge in [0, 0.05) is 17.3 Å². The van der Waals surface area contributed by atoms with Crippen LogP contribution >= 0.6 is 0 Å². The molecule has 1 aromatic carbocycles. The van der Waals surface area contributed by atoms with Crippen LogP contribution in [0.3, 0.4) is 0 Å². The summed E-state index contributed by atoms with van der Waals surface area (Å²) in [6.07, 6.45) is 0. The van der Waals surface area contributed by atoms with Gasteiger partial charge in [0.1, 0.15) is 0 Å². The molecule has 0 aliphatic carbocycles. The molecule has 0 atom stereocenters. The zero-order valence-electron chi connectivity index (χ0n) is 10.0. The number of benzene rings is 1. The zero-order chi connectivity index (χ0) is 11.6. The van der Waals surface area contributed by atoms with Gasteiger partial charge >= 0.3 is 0 Å². The van der Waals surface area contributed by atoms with Gasteiger partial charge in [-0.15, -0.1) is 0 Å². The van der Waals surface area contributed by atoms with Gasteiger partial charge in [0.05, 0.1) is 14.2 Å².